The van der Waals surface area contributed by atoms with Crippen molar-refractivity contribution in [3.05, 3.63) is 0 Å². The van der Waals surface area contributed by atoms with E-state index in [1.807, 2.05) is 13.8 Å². The number of aliphatic hydroxyl groups is 2. The summed E-state index contributed by atoms with van der Waals surface area (Å²) in [6, 6.07) is 0. The molecule has 0 amide bonds. The van der Waals surface area contributed by atoms with E-state index in [1.165, 1.54) is 0 Å². The maximum atomic E-state index is 10.1. The molecule has 0 aromatic heterocycles. The molecular formula is C9H16AcO3. The summed E-state index contributed by atoms with van der Waals surface area (Å²) in [6.45, 7) is 3.87. The second-order valence-corrected chi connectivity index (χ2v) is 4.19. The van der Waals surface area contributed by atoms with Crippen LogP contribution in [0.25, 0.3) is 0 Å². The zero-order chi connectivity index (χ0) is 8.98. The van der Waals surface area contributed by atoms with Gasteiger partial charge >= 0.3 is 0 Å². The van der Waals surface area contributed by atoms with Crippen molar-refractivity contribution >= 4 is 0 Å². The summed E-state index contributed by atoms with van der Waals surface area (Å²) in [6.07, 6.45) is 1.47. The number of fused-ring (bicyclic) bond motifs is 1. The Hall–Kier alpha value is 1.32. The zero-order valence-corrected chi connectivity index (χ0v) is 12.9. The van der Waals surface area contributed by atoms with Gasteiger partial charge in [-0.05, 0) is 13.3 Å². The smallest absolute Gasteiger partial charge is 0.121 e. The van der Waals surface area contributed by atoms with Crippen LogP contribution in [0.3, 0.4) is 0 Å². The fourth-order valence-corrected chi connectivity index (χ4v) is 2.36. The van der Waals surface area contributed by atoms with Crippen LogP contribution in [0, 0.1) is 44.1 Å². The SMILES string of the molecule is CCC1(O)CC(O)CC2OC21C.[Ac]. The normalized spacial score (nSPS) is 53.5. The van der Waals surface area contributed by atoms with E-state index in [2.05, 4.69) is 0 Å². The predicted octanol–water partition coefficient (Wildman–Crippen LogP) is 0.440. The molecule has 4 atom stereocenters. The van der Waals surface area contributed by atoms with Gasteiger partial charge in [0.15, 0.2) is 0 Å². The summed E-state index contributed by atoms with van der Waals surface area (Å²) in [5.74, 6) is 0. The molecule has 2 aliphatic rings. The first-order valence-electron chi connectivity index (χ1n) is 4.60. The molecule has 2 N–H and O–H groups in total. The summed E-state index contributed by atoms with van der Waals surface area (Å²) >= 11 is 0. The molecule has 3 nitrogen and oxygen atoms in total. The molecule has 0 spiro atoms. The summed E-state index contributed by atoms with van der Waals surface area (Å²) in [5, 5.41) is 19.6. The Balaban J connectivity index is 0.000000845. The van der Waals surface area contributed by atoms with Crippen LogP contribution in [0.1, 0.15) is 33.1 Å². The maximum Gasteiger partial charge on any atom is 0.121 e. The molecule has 13 heavy (non-hydrogen) atoms. The first-order valence-corrected chi connectivity index (χ1v) is 4.60. The first-order chi connectivity index (χ1) is 5.52. The summed E-state index contributed by atoms with van der Waals surface area (Å²) in [5.41, 5.74) is -1.18. The maximum absolute atomic E-state index is 10.1. The molecule has 2 fully saturated rings. The Morgan fingerprint density at radius 3 is 2.69 bits per heavy atom. The van der Waals surface area contributed by atoms with Gasteiger partial charge in [-0.2, -0.15) is 0 Å². The molecule has 4 unspecified atom stereocenters. The van der Waals surface area contributed by atoms with Gasteiger partial charge in [0.05, 0.1) is 17.8 Å². The largest absolute Gasteiger partial charge is 0.393 e. The minimum atomic E-state index is -0.810. The Kier molecular flexibility index (Phi) is 3.54. The first kappa shape index (κ1) is 12.4. The Morgan fingerprint density at radius 1 is 1.54 bits per heavy atom. The van der Waals surface area contributed by atoms with Crippen LogP contribution in [0.2, 0.25) is 0 Å². The van der Waals surface area contributed by atoms with Gasteiger partial charge in [0.1, 0.15) is 5.60 Å². The molecule has 1 aliphatic heterocycles. The topological polar surface area (TPSA) is 53.0 Å². The van der Waals surface area contributed by atoms with E-state index in [0.717, 1.165) is 0 Å². The van der Waals surface area contributed by atoms with Crippen LogP contribution in [0.5, 0.6) is 0 Å². The van der Waals surface area contributed by atoms with Crippen molar-refractivity contribution < 1.29 is 59.0 Å². The Bertz CT molecular complexity index is 211. The van der Waals surface area contributed by atoms with E-state index in [4.69, 9.17) is 4.74 Å². The number of hydrogen-bond acceptors (Lipinski definition) is 3. The number of rotatable bonds is 1. The van der Waals surface area contributed by atoms with Gasteiger partial charge in [-0.1, -0.05) is 6.92 Å². The standard InChI is InChI=1S/C9H16O3.Ac/c1-3-9(11)5-6(10)4-7-8(9,2)12-7;/h6-7,10-11H,3-5H2,1-2H3;. The molecule has 1 saturated carbocycles. The Labute approximate surface area is 114 Å². The summed E-state index contributed by atoms with van der Waals surface area (Å²) < 4.78 is 5.43. The third-order valence-corrected chi connectivity index (χ3v) is 3.51. The molecule has 0 bridgehead atoms. The zero-order valence-electron chi connectivity index (χ0n) is 8.16. The van der Waals surface area contributed by atoms with Gasteiger partial charge in [-0.25, -0.2) is 0 Å². The van der Waals surface area contributed by atoms with Gasteiger partial charge < -0.3 is 14.9 Å². The third kappa shape index (κ3) is 1.74. The van der Waals surface area contributed by atoms with Crippen molar-refractivity contribution in [3.63, 3.8) is 0 Å². The molecule has 0 aromatic rings. The van der Waals surface area contributed by atoms with Crippen LogP contribution in [-0.4, -0.2) is 33.6 Å². The second-order valence-electron chi connectivity index (χ2n) is 4.19. The number of epoxide rings is 1. The average Bonchev–Trinajstić information content (AvgIpc) is 2.62. The van der Waals surface area contributed by atoms with E-state index in [-0.39, 0.29) is 55.8 Å². The molecule has 0 aromatic carbocycles. The van der Waals surface area contributed by atoms with Crippen LogP contribution in [0.4, 0.5) is 0 Å². The van der Waals surface area contributed by atoms with Crippen LogP contribution in [0.15, 0.2) is 0 Å². The minimum Gasteiger partial charge on any atom is -0.393 e. The molecule has 1 saturated heterocycles. The van der Waals surface area contributed by atoms with Gasteiger partial charge in [-0.3, -0.25) is 0 Å². The number of aliphatic hydroxyl groups excluding tert-OH is 1. The van der Waals surface area contributed by atoms with Gasteiger partial charge in [0.2, 0.25) is 0 Å². The van der Waals surface area contributed by atoms with Crippen molar-refractivity contribution in [2.75, 3.05) is 0 Å². The summed E-state index contributed by atoms with van der Waals surface area (Å²) in [7, 11) is 0. The van der Waals surface area contributed by atoms with E-state index in [9.17, 15) is 10.2 Å². The van der Waals surface area contributed by atoms with Crippen molar-refractivity contribution in [2.45, 2.75) is 56.5 Å². The van der Waals surface area contributed by atoms with Gasteiger partial charge in [-0.15, -0.1) is 0 Å². The predicted molar refractivity (Wildman–Crippen MR) is 43.8 cm³/mol. The molecule has 1 heterocycles. The fourth-order valence-electron chi connectivity index (χ4n) is 2.36. The third-order valence-electron chi connectivity index (χ3n) is 3.51. The van der Waals surface area contributed by atoms with Crippen molar-refractivity contribution in [1.29, 1.82) is 0 Å². The van der Waals surface area contributed by atoms with Gasteiger partial charge in [0.25, 0.3) is 0 Å². The number of hydrogen-bond donors (Lipinski definition) is 2. The van der Waals surface area contributed by atoms with Crippen LogP contribution in [-0.2, 0) is 4.74 Å². The molecule has 1 aliphatic carbocycles. The van der Waals surface area contributed by atoms with Crippen molar-refractivity contribution in [1.82, 2.24) is 0 Å². The fraction of sp³-hybridized carbons (Fsp3) is 1.00. The number of ether oxygens (including phenoxy) is 1. The molecule has 2 rings (SSSR count). The minimum absolute atomic E-state index is 0. The van der Waals surface area contributed by atoms with Crippen LogP contribution < -0.4 is 0 Å². The molecule has 73 valence electrons. The summed E-state index contributed by atoms with van der Waals surface area (Å²) in [4.78, 5) is 0. The van der Waals surface area contributed by atoms with Gasteiger partial charge in [0, 0.05) is 56.9 Å². The Morgan fingerprint density at radius 2 is 2.15 bits per heavy atom. The molecule has 1 radical (unpaired) electrons. The molecular weight excluding hydrogens is 383 g/mol. The monoisotopic (exact) mass is 399 g/mol. The van der Waals surface area contributed by atoms with E-state index >= 15 is 0 Å². The van der Waals surface area contributed by atoms with E-state index < -0.39 is 11.7 Å². The molecule has 4 heteroatoms. The van der Waals surface area contributed by atoms with Crippen LogP contribution >= 0.6 is 0 Å². The van der Waals surface area contributed by atoms with Crippen molar-refractivity contribution in [2.24, 2.45) is 0 Å². The van der Waals surface area contributed by atoms with Crippen molar-refractivity contribution in [3.8, 4) is 0 Å². The van der Waals surface area contributed by atoms with E-state index in [0.29, 0.717) is 19.3 Å². The average molecular weight is 399 g/mol. The second kappa shape index (κ2) is 3.72. The van der Waals surface area contributed by atoms with E-state index in [1.54, 1.807) is 0 Å². The quantitative estimate of drug-likeness (QED) is 0.630.